The van der Waals surface area contributed by atoms with Gasteiger partial charge in [0.1, 0.15) is 0 Å². The lowest BCUT2D eigenvalue weighted by Crippen LogP contribution is -2.21. The smallest absolute Gasteiger partial charge is 0.0222 e. The molecule has 2 heteroatoms. The van der Waals surface area contributed by atoms with E-state index >= 15 is 0 Å². The van der Waals surface area contributed by atoms with Crippen LogP contribution < -0.4 is 5.32 Å². The van der Waals surface area contributed by atoms with Gasteiger partial charge in [0.05, 0.1) is 0 Å². The maximum atomic E-state index is 3.39. The van der Waals surface area contributed by atoms with Gasteiger partial charge >= 0.3 is 0 Å². The molecule has 0 bridgehead atoms. The van der Waals surface area contributed by atoms with Crippen molar-refractivity contribution < 1.29 is 0 Å². The van der Waals surface area contributed by atoms with Crippen LogP contribution in [0.5, 0.6) is 0 Å². The van der Waals surface area contributed by atoms with E-state index in [0.29, 0.717) is 6.04 Å². The SMILES string of the molecule is CCn1ccc(CNC(C)C)c1. The molecule has 0 unspecified atom stereocenters. The van der Waals surface area contributed by atoms with Gasteiger partial charge in [0.25, 0.3) is 0 Å². The van der Waals surface area contributed by atoms with E-state index in [1.807, 2.05) is 0 Å². The van der Waals surface area contributed by atoms with Crippen LogP contribution in [0.15, 0.2) is 18.5 Å². The number of aromatic nitrogens is 1. The molecule has 1 aromatic rings. The number of nitrogens with one attached hydrogen (secondary N) is 1. The molecule has 1 heterocycles. The second kappa shape index (κ2) is 4.31. The number of hydrogen-bond acceptors (Lipinski definition) is 1. The van der Waals surface area contributed by atoms with Crippen molar-refractivity contribution in [3.63, 3.8) is 0 Å². The zero-order valence-electron chi connectivity index (χ0n) is 8.17. The molecule has 1 rings (SSSR count). The van der Waals surface area contributed by atoms with E-state index in [9.17, 15) is 0 Å². The summed E-state index contributed by atoms with van der Waals surface area (Å²) in [6.07, 6.45) is 4.31. The topological polar surface area (TPSA) is 17.0 Å². The standard InChI is InChI=1S/C10H18N2/c1-4-12-6-5-10(8-12)7-11-9(2)3/h5-6,8-9,11H,4,7H2,1-3H3. The molecule has 0 radical (unpaired) electrons. The Kier molecular flexibility index (Phi) is 3.35. The summed E-state index contributed by atoms with van der Waals surface area (Å²) in [5.74, 6) is 0. The van der Waals surface area contributed by atoms with Gasteiger partial charge in [-0.15, -0.1) is 0 Å². The maximum absolute atomic E-state index is 3.39. The average molecular weight is 166 g/mol. The number of nitrogens with zero attached hydrogens (tertiary/aromatic N) is 1. The Morgan fingerprint density at radius 1 is 1.50 bits per heavy atom. The van der Waals surface area contributed by atoms with Crippen molar-refractivity contribution >= 4 is 0 Å². The second-order valence-corrected chi connectivity index (χ2v) is 3.39. The average Bonchev–Trinajstić information content (AvgIpc) is 2.48. The summed E-state index contributed by atoms with van der Waals surface area (Å²) in [4.78, 5) is 0. The van der Waals surface area contributed by atoms with E-state index in [-0.39, 0.29) is 0 Å². The predicted octanol–water partition coefficient (Wildman–Crippen LogP) is 2.01. The van der Waals surface area contributed by atoms with Gasteiger partial charge in [-0.1, -0.05) is 13.8 Å². The van der Waals surface area contributed by atoms with Crippen LogP contribution in [0.25, 0.3) is 0 Å². The second-order valence-electron chi connectivity index (χ2n) is 3.39. The van der Waals surface area contributed by atoms with Crippen LogP contribution in [-0.4, -0.2) is 10.6 Å². The first-order valence-corrected chi connectivity index (χ1v) is 4.60. The van der Waals surface area contributed by atoms with E-state index in [2.05, 4.69) is 49.1 Å². The van der Waals surface area contributed by atoms with Gasteiger partial charge in [-0.2, -0.15) is 0 Å². The summed E-state index contributed by atoms with van der Waals surface area (Å²) in [7, 11) is 0. The third-order valence-corrected chi connectivity index (χ3v) is 1.89. The van der Waals surface area contributed by atoms with E-state index < -0.39 is 0 Å². The molecule has 0 atom stereocenters. The van der Waals surface area contributed by atoms with Crippen LogP contribution in [0, 0.1) is 0 Å². The van der Waals surface area contributed by atoms with Crippen LogP contribution in [0.4, 0.5) is 0 Å². The summed E-state index contributed by atoms with van der Waals surface area (Å²) in [5.41, 5.74) is 1.37. The summed E-state index contributed by atoms with van der Waals surface area (Å²) < 4.78 is 2.19. The monoisotopic (exact) mass is 166 g/mol. The van der Waals surface area contributed by atoms with Crippen molar-refractivity contribution in [2.45, 2.75) is 39.9 Å². The minimum Gasteiger partial charge on any atom is -0.354 e. The first kappa shape index (κ1) is 9.33. The number of rotatable bonds is 4. The van der Waals surface area contributed by atoms with Gasteiger partial charge in [-0.05, 0) is 18.6 Å². The van der Waals surface area contributed by atoms with Gasteiger partial charge in [-0.25, -0.2) is 0 Å². The highest BCUT2D eigenvalue weighted by Gasteiger charge is 1.96. The lowest BCUT2D eigenvalue weighted by atomic mass is 10.3. The largest absolute Gasteiger partial charge is 0.354 e. The predicted molar refractivity (Wildman–Crippen MR) is 52.1 cm³/mol. The van der Waals surface area contributed by atoms with Crippen molar-refractivity contribution in [1.82, 2.24) is 9.88 Å². The highest BCUT2D eigenvalue weighted by atomic mass is 14.9. The summed E-state index contributed by atoms with van der Waals surface area (Å²) in [6.45, 7) is 8.51. The molecule has 0 aliphatic rings. The fourth-order valence-electron chi connectivity index (χ4n) is 1.11. The van der Waals surface area contributed by atoms with Crippen LogP contribution in [0.3, 0.4) is 0 Å². The Balaban J connectivity index is 2.41. The molecule has 1 aromatic heterocycles. The van der Waals surface area contributed by atoms with Gasteiger partial charge in [-0.3, -0.25) is 0 Å². The Labute approximate surface area is 74.6 Å². The number of aryl methyl sites for hydroxylation is 1. The van der Waals surface area contributed by atoms with Crippen LogP contribution in [-0.2, 0) is 13.1 Å². The van der Waals surface area contributed by atoms with Gasteiger partial charge in [0.15, 0.2) is 0 Å². The molecule has 0 spiro atoms. The molecule has 1 N–H and O–H groups in total. The normalized spacial score (nSPS) is 11.0. The molecule has 0 aliphatic heterocycles. The Morgan fingerprint density at radius 2 is 2.25 bits per heavy atom. The maximum Gasteiger partial charge on any atom is 0.0222 e. The van der Waals surface area contributed by atoms with Crippen LogP contribution >= 0.6 is 0 Å². The Hall–Kier alpha value is -0.760. The molecule has 0 aromatic carbocycles. The lowest BCUT2D eigenvalue weighted by Gasteiger charge is -2.05. The van der Waals surface area contributed by atoms with E-state index in [1.54, 1.807) is 0 Å². The van der Waals surface area contributed by atoms with Crippen molar-refractivity contribution in [1.29, 1.82) is 0 Å². The van der Waals surface area contributed by atoms with E-state index in [1.165, 1.54) is 5.56 Å². The highest BCUT2D eigenvalue weighted by molar-refractivity contribution is 5.09. The molecule has 0 saturated heterocycles. The van der Waals surface area contributed by atoms with Crippen LogP contribution in [0.2, 0.25) is 0 Å². The third kappa shape index (κ3) is 2.70. The van der Waals surface area contributed by atoms with Gasteiger partial charge in [0.2, 0.25) is 0 Å². The molecule has 0 amide bonds. The highest BCUT2D eigenvalue weighted by Crippen LogP contribution is 2.00. The fraction of sp³-hybridized carbons (Fsp3) is 0.600. The molecule has 0 saturated carbocycles. The molecule has 0 aliphatic carbocycles. The Bertz CT molecular complexity index is 225. The third-order valence-electron chi connectivity index (χ3n) is 1.89. The molecular formula is C10H18N2. The van der Waals surface area contributed by atoms with Crippen molar-refractivity contribution in [2.75, 3.05) is 0 Å². The minimum absolute atomic E-state index is 0.565. The Morgan fingerprint density at radius 3 is 2.75 bits per heavy atom. The summed E-state index contributed by atoms with van der Waals surface area (Å²) >= 11 is 0. The summed E-state index contributed by atoms with van der Waals surface area (Å²) in [6, 6.07) is 2.73. The first-order chi connectivity index (χ1) is 5.72. The first-order valence-electron chi connectivity index (χ1n) is 4.60. The van der Waals surface area contributed by atoms with Crippen molar-refractivity contribution in [3.05, 3.63) is 24.0 Å². The zero-order valence-corrected chi connectivity index (χ0v) is 8.17. The minimum atomic E-state index is 0.565. The van der Waals surface area contributed by atoms with Crippen LogP contribution in [0.1, 0.15) is 26.3 Å². The zero-order chi connectivity index (χ0) is 8.97. The van der Waals surface area contributed by atoms with Crippen molar-refractivity contribution in [3.8, 4) is 0 Å². The van der Waals surface area contributed by atoms with Gasteiger partial charge < -0.3 is 9.88 Å². The molecule has 12 heavy (non-hydrogen) atoms. The van der Waals surface area contributed by atoms with Crippen molar-refractivity contribution in [2.24, 2.45) is 0 Å². The molecule has 68 valence electrons. The van der Waals surface area contributed by atoms with Gasteiger partial charge in [0, 0.05) is 31.5 Å². The number of hydrogen-bond donors (Lipinski definition) is 1. The van der Waals surface area contributed by atoms with E-state index in [0.717, 1.165) is 13.1 Å². The lowest BCUT2D eigenvalue weighted by molar-refractivity contribution is 0.588. The fourth-order valence-corrected chi connectivity index (χ4v) is 1.11. The molecule has 0 fully saturated rings. The quantitative estimate of drug-likeness (QED) is 0.724. The summed E-state index contributed by atoms with van der Waals surface area (Å²) in [5, 5.41) is 3.39. The molecule has 2 nitrogen and oxygen atoms in total. The molecular weight excluding hydrogens is 148 g/mol. The van der Waals surface area contributed by atoms with E-state index in [4.69, 9.17) is 0 Å².